The van der Waals surface area contributed by atoms with Crippen molar-refractivity contribution in [1.29, 1.82) is 0 Å². The van der Waals surface area contributed by atoms with Gasteiger partial charge in [0.05, 0.1) is 18.0 Å². The molecule has 0 aromatic heterocycles. The third-order valence-electron chi connectivity index (χ3n) is 4.58. The molecule has 3 aromatic rings. The van der Waals surface area contributed by atoms with E-state index in [4.69, 9.17) is 4.74 Å². The van der Waals surface area contributed by atoms with Crippen LogP contribution in [0.3, 0.4) is 0 Å². The highest BCUT2D eigenvalue weighted by Crippen LogP contribution is 2.28. The minimum Gasteiger partial charge on any atom is -0.496 e. The number of benzene rings is 3. The van der Waals surface area contributed by atoms with Gasteiger partial charge in [-0.25, -0.2) is 8.42 Å². The van der Waals surface area contributed by atoms with Crippen LogP contribution in [0.25, 0.3) is 0 Å². The van der Waals surface area contributed by atoms with E-state index in [0.29, 0.717) is 5.75 Å². The van der Waals surface area contributed by atoms with Gasteiger partial charge in [0.15, 0.2) is 0 Å². The summed E-state index contributed by atoms with van der Waals surface area (Å²) in [5.41, 5.74) is 3.62. The Labute approximate surface area is 160 Å². The van der Waals surface area contributed by atoms with Gasteiger partial charge in [0.1, 0.15) is 5.75 Å². The molecule has 3 aromatic carbocycles. The van der Waals surface area contributed by atoms with E-state index in [2.05, 4.69) is 4.72 Å². The van der Waals surface area contributed by atoms with Gasteiger partial charge in [0.25, 0.3) is 0 Å². The summed E-state index contributed by atoms with van der Waals surface area (Å²) in [6.45, 7) is 3.81. The Morgan fingerprint density at radius 3 is 2.15 bits per heavy atom. The number of hydrogen-bond acceptors (Lipinski definition) is 3. The number of methoxy groups -OCH3 is 1. The highest BCUT2D eigenvalue weighted by molar-refractivity contribution is 7.89. The lowest BCUT2D eigenvalue weighted by Gasteiger charge is -2.22. The Hall–Kier alpha value is -2.63. The zero-order valence-corrected chi connectivity index (χ0v) is 16.5. The Morgan fingerprint density at radius 2 is 1.52 bits per heavy atom. The summed E-state index contributed by atoms with van der Waals surface area (Å²) in [5, 5.41) is 0. The quantitative estimate of drug-likeness (QED) is 0.689. The molecular formula is C22H23NO3S. The van der Waals surface area contributed by atoms with Crippen LogP contribution < -0.4 is 9.46 Å². The molecule has 5 heteroatoms. The molecule has 0 radical (unpaired) electrons. The number of rotatable bonds is 6. The molecule has 0 aliphatic carbocycles. The van der Waals surface area contributed by atoms with Crippen LogP contribution in [0, 0.1) is 13.8 Å². The Morgan fingerprint density at radius 1 is 0.852 bits per heavy atom. The molecule has 140 valence electrons. The SMILES string of the molecule is COc1ccc(S(=O)(=O)N[C@H](c2ccccc2)c2ccccc2C)cc1C. The highest BCUT2D eigenvalue weighted by Gasteiger charge is 2.24. The van der Waals surface area contributed by atoms with Crippen LogP contribution in [-0.2, 0) is 10.0 Å². The molecule has 0 heterocycles. The molecule has 0 bridgehead atoms. The summed E-state index contributed by atoms with van der Waals surface area (Å²) in [7, 11) is -2.16. The van der Waals surface area contributed by atoms with Gasteiger partial charge in [-0.15, -0.1) is 0 Å². The van der Waals surface area contributed by atoms with Gasteiger partial charge in [-0.1, -0.05) is 54.6 Å². The van der Waals surface area contributed by atoms with Crippen molar-refractivity contribution in [2.75, 3.05) is 7.11 Å². The molecule has 0 aliphatic rings. The first-order valence-electron chi connectivity index (χ1n) is 8.70. The second-order valence-corrected chi connectivity index (χ2v) is 8.17. The molecule has 0 amide bonds. The van der Waals surface area contributed by atoms with Crippen molar-refractivity contribution in [3.63, 3.8) is 0 Å². The molecule has 0 unspecified atom stereocenters. The van der Waals surface area contributed by atoms with Crippen molar-refractivity contribution in [2.24, 2.45) is 0 Å². The Bertz CT molecular complexity index is 1030. The number of sulfonamides is 1. The second-order valence-electron chi connectivity index (χ2n) is 6.45. The zero-order chi connectivity index (χ0) is 19.4. The minimum absolute atomic E-state index is 0.218. The van der Waals surface area contributed by atoms with Crippen molar-refractivity contribution >= 4 is 10.0 Å². The van der Waals surface area contributed by atoms with Crippen LogP contribution in [-0.4, -0.2) is 15.5 Å². The standard InChI is InChI=1S/C22H23NO3S/c1-16-9-7-8-12-20(16)22(18-10-5-4-6-11-18)23-27(24,25)19-13-14-21(26-3)17(2)15-19/h4-15,22-23H,1-3H3/t22-/m1/s1. The molecule has 0 saturated carbocycles. The summed E-state index contributed by atoms with van der Waals surface area (Å²) in [5.74, 6) is 0.660. The number of hydrogen-bond donors (Lipinski definition) is 1. The fourth-order valence-electron chi connectivity index (χ4n) is 3.11. The lowest BCUT2D eigenvalue weighted by molar-refractivity contribution is 0.411. The van der Waals surface area contributed by atoms with Gasteiger partial charge in [-0.2, -0.15) is 4.72 Å². The van der Waals surface area contributed by atoms with E-state index in [1.807, 2.05) is 68.4 Å². The van der Waals surface area contributed by atoms with Crippen LogP contribution in [0.15, 0.2) is 77.7 Å². The smallest absolute Gasteiger partial charge is 0.241 e. The van der Waals surface area contributed by atoms with Crippen LogP contribution in [0.5, 0.6) is 5.75 Å². The van der Waals surface area contributed by atoms with Crippen LogP contribution >= 0.6 is 0 Å². The first-order valence-corrected chi connectivity index (χ1v) is 10.2. The summed E-state index contributed by atoms with van der Waals surface area (Å²) in [6, 6.07) is 21.8. The average molecular weight is 381 g/mol. The lowest BCUT2D eigenvalue weighted by Crippen LogP contribution is -2.30. The van der Waals surface area contributed by atoms with E-state index >= 15 is 0 Å². The van der Waals surface area contributed by atoms with Crippen LogP contribution in [0.2, 0.25) is 0 Å². The minimum atomic E-state index is -3.73. The molecule has 3 rings (SSSR count). The maximum absolute atomic E-state index is 13.1. The third-order valence-corrected chi connectivity index (χ3v) is 6.00. The molecule has 0 fully saturated rings. The summed E-state index contributed by atoms with van der Waals surface area (Å²) >= 11 is 0. The van der Waals surface area contributed by atoms with Gasteiger partial charge in [0, 0.05) is 0 Å². The van der Waals surface area contributed by atoms with Crippen molar-refractivity contribution in [2.45, 2.75) is 24.8 Å². The predicted molar refractivity (Wildman–Crippen MR) is 108 cm³/mol. The molecule has 4 nitrogen and oxygen atoms in total. The summed E-state index contributed by atoms with van der Waals surface area (Å²) < 4.78 is 34.3. The molecule has 1 atom stereocenters. The van der Waals surface area contributed by atoms with Gasteiger partial charge in [0.2, 0.25) is 10.0 Å². The summed E-state index contributed by atoms with van der Waals surface area (Å²) in [6.07, 6.45) is 0. The van der Waals surface area contributed by atoms with E-state index in [9.17, 15) is 8.42 Å². The molecular weight excluding hydrogens is 358 g/mol. The fraction of sp³-hybridized carbons (Fsp3) is 0.182. The monoisotopic (exact) mass is 381 g/mol. The normalized spacial score (nSPS) is 12.6. The van der Waals surface area contributed by atoms with E-state index in [0.717, 1.165) is 22.3 Å². The van der Waals surface area contributed by atoms with E-state index in [1.165, 1.54) is 0 Å². The number of ether oxygens (including phenoxy) is 1. The third kappa shape index (κ3) is 4.21. The fourth-order valence-corrected chi connectivity index (χ4v) is 4.40. The van der Waals surface area contributed by atoms with Crippen molar-refractivity contribution < 1.29 is 13.2 Å². The first kappa shape index (κ1) is 19.1. The van der Waals surface area contributed by atoms with Crippen molar-refractivity contribution in [1.82, 2.24) is 4.72 Å². The molecule has 0 saturated heterocycles. The average Bonchev–Trinajstić information content (AvgIpc) is 2.67. The van der Waals surface area contributed by atoms with E-state index in [-0.39, 0.29) is 4.90 Å². The number of aryl methyl sites for hydroxylation is 2. The topological polar surface area (TPSA) is 55.4 Å². The lowest BCUT2D eigenvalue weighted by atomic mass is 9.96. The molecule has 27 heavy (non-hydrogen) atoms. The maximum Gasteiger partial charge on any atom is 0.241 e. The van der Waals surface area contributed by atoms with Crippen LogP contribution in [0.1, 0.15) is 28.3 Å². The van der Waals surface area contributed by atoms with Crippen molar-refractivity contribution in [3.05, 3.63) is 95.1 Å². The highest BCUT2D eigenvalue weighted by atomic mass is 32.2. The van der Waals surface area contributed by atoms with E-state index < -0.39 is 16.1 Å². The Kier molecular flexibility index (Phi) is 5.63. The van der Waals surface area contributed by atoms with Gasteiger partial charge < -0.3 is 4.74 Å². The maximum atomic E-state index is 13.1. The predicted octanol–water partition coefficient (Wildman–Crippen LogP) is 4.38. The number of nitrogens with one attached hydrogen (secondary N) is 1. The van der Waals surface area contributed by atoms with Gasteiger partial charge in [-0.05, 0) is 54.3 Å². The van der Waals surface area contributed by atoms with Gasteiger partial charge in [-0.3, -0.25) is 0 Å². The largest absolute Gasteiger partial charge is 0.496 e. The Balaban J connectivity index is 2.04. The second kappa shape index (κ2) is 7.94. The zero-order valence-electron chi connectivity index (χ0n) is 15.6. The van der Waals surface area contributed by atoms with Crippen LogP contribution in [0.4, 0.5) is 0 Å². The van der Waals surface area contributed by atoms with E-state index in [1.54, 1.807) is 25.3 Å². The summed E-state index contributed by atoms with van der Waals surface area (Å²) in [4.78, 5) is 0.218. The van der Waals surface area contributed by atoms with Crippen molar-refractivity contribution in [3.8, 4) is 5.75 Å². The molecule has 0 spiro atoms. The first-order chi connectivity index (χ1) is 12.9. The molecule has 1 N–H and O–H groups in total. The molecule has 0 aliphatic heterocycles. The van der Waals surface area contributed by atoms with Gasteiger partial charge >= 0.3 is 0 Å².